The Morgan fingerprint density at radius 1 is 1.38 bits per heavy atom. The van der Waals surface area contributed by atoms with Crippen LogP contribution in [0.15, 0.2) is 24.3 Å². The van der Waals surface area contributed by atoms with E-state index in [-0.39, 0.29) is 5.97 Å². The molecule has 1 N–H and O–H groups in total. The molecule has 1 heterocycles. The van der Waals surface area contributed by atoms with Crippen LogP contribution in [0.5, 0.6) is 0 Å². The van der Waals surface area contributed by atoms with E-state index in [0.717, 1.165) is 29.5 Å². The number of carbonyl (C=O) groups excluding carboxylic acids is 1. The van der Waals surface area contributed by atoms with Crippen molar-refractivity contribution in [1.82, 2.24) is 4.90 Å². The molecule has 21 heavy (non-hydrogen) atoms. The van der Waals surface area contributed by atoms with Crippen molar-refractivity contribution in [3.63, 3.8) is 0 Å². The number of hydrogen-bond acceptors (Lipinski definition) is 3. The summed E-state index contributed by atoms with van der Waals surface area (Å²) in [6.07, 6.45) is 3.91. The maximum Gasteiger partial charge on any atom is 0.407 e. The molecule has 1 aromatic carbocycles. The fourth-order valence-corrected chi connectivity index (χ4v) is 2.40. The molecule has 1 aromatic rings. The highest BCUT2D eigenvalue weighted by molar-refractivity contribution is 5.87. The van der Waals surface area contributed by atoms with Gasteiger partial charge in [-0.3, -0.25) is 0 Å². The van der Waals surface area contributed by atoms with Crippen molar-refractivity contribution in [2.24, 2.45) is 0 Å². The van der Waals surface area contributed by atoms with Gasteiger partial charge in [0.05, 0.1) is 6.61 Å². The van der Waals surface area contributed by atoms with Gasteiger partial charge >= 0.3 is 12.1 Å². The molecule has 1 aliphatic heterocycles. The minimum Gasteiger partial charge on any atom is -0.465 e. The molecule has 0 saturated heterocycles. The van der Waals surface area contributed by atoms with Gasteiger partial charge in [-0.25, -0.2) is 9.59 Å². The molecule has 1 amide bonds. The number of amides is 1. The molecule has 0 unspecified atom stereocenters. The lowest BCUT2D eigenvalue weighted by Gasteiger charge is -2.16. The molecule has 2 rings (SSSR count). The van der Waals surface area contributed by atoms with Crippen molar-refractivity contribution < 1.29 is 19.4 Å². The first-order valence-corrected chi connectivity index (χ1v) is 7.04. The van der Waals surface area contributed by atoms with Gasteiger partial charge in [0.1, 0.15) is 0 Å². The van der Waals surface area contributed by atoms with Gasteiger partial charge in [0, 0.05) is 19.2 Å². The zero-order valence-electron chi connectivity index (χ0n) is 12.0. The summed E-state index contributed by atoms with van der Waals surface area (Å²) in [6.45, 7) is 3.10. The van der Waals surface area contributed by atoms with Crippen molar-refractivity contribution in [3.8, 4) is 0 Å². The smallest absolute Gasteiger partial charge is 0.407 e. The summed E-state index contributed by atoms with van der Waals surface area (Å²) in [5, 5.41) is 9.10. The second-order valence-electron chi connectivity index (χ2n) is 4.92. The van der Waals surface area contributed by atoms with E-state index < -0.39 is 6.09 Å². The number of carboxylic acid groups (broad SMARTS) is 1. The summed E-state index contributed by atoms with van der Waals surface area (Å²) in [7, 11) is 0. The van der Waals surface area contributed by atoms with Gasteiger partial charge in [0.15, 0.2) is 0 Å². The second-order valence-corrected chi connectivity index (χ2v) is 4.92. The summed E-state index contributed by atoms with van der Waals surface area (Å²) in [5.74, 6) is -0.357. The van der Waals surface area contributed by atoms with E-state index in [0.29, 0.717) is 19.7 Å². The van der Waals surface area contributed by atoms with Crippen LogP contribution in [-0.2, 0) is 22.5 Å². The molecule has 0 radical (unpaired) electrons. The lowest BCUT2D eigenvalue weighted by Crippen LogP contribution is -2.28. The van der Waals surface area contributed by atoms with Gasteiger partial charge in [-0.05, 0) is 42.5 Å². The van der Waals surface area contributed by atoms with E-state index in [9.17, 15) is 9.59 Å². The Morgan fingerprint density at radius 2 is 2.19 bits per heavy atom. The number of benzene rings is 1. The first kappa shape index (κ1) is 15.1. The zero-order valence-corrected chi connectivity index (χ0v) is 12.0. The molecular weight excluding hydrogens is 270 g/mol. The number of carbonyl (C=O) groups is 2. The molecule has 0 fully saturated rings. The van der Waals surface area contributed by atoms with Crippen molar-refractivity contribution in [2.45, 2.75) is 26.3 Å². The van der Waals surface area contributed by atoms with Gasteiger partial charge in [0.25, 0.3) is 0 Å². The average molecular weight is 289 g/mol. The van der Waals surface area contributed by atoms with Crippen molar-refractivity contribution in [1.29, 1.82) is 0 Å². The Bertz CT molecular complexity index is 565. The van der Waals surface area contributed by atoms with Crippen molar-refractivity contribution in [2.75, 3.05) is 13.2 Å². The molecular formula is C16H19NO4. The highest BCUT2D eigenvalue weighted by atomic mass is 16.5. The number of aryl methyl sites for hydroxylation is 1. The maximum absolute atomic E-state index is 11.3. The van der Waals surface area contributed by atoms with Crippen LogP contribution in [0.1, 0.15) is 30.0 Å². The van der Waals surface area contributed by atoms with Crippen molar-refractivity contribution in [3.05, 3.63) is 41.0 Å². The molecule has 1 aliphatic rings. The lowest BCUT2D eigenvalue weighted by atomic mass is 10.0. The van der Waals surface area contributed by atoms with Crippen LogP contribution in [0.3, 0.4) is 0 Å². The molecule has 0 spiro atoms. The Hall–Kier alpha value is -2.30. The van der Waals surface area contributed by atoms with E-state index >= 15 is 0 Å². The van der Waals surface area contributed by atoms with Crippen LogP contribution in [0.25, 0.3) is 6.08 Å². The molecule has 5 heteroatoms. The number of ether oxygens (including phenoxy) is 1. The van der Waals surface area contributed by atoms with Crippen LogP contribution < -0.4 is 0 Å². The Balaban J connectivity index is 2.14. The van der Waals surface area contributed by atoms with Gasteiger partial charge in [-0.2, -0.15) is 0 Å². The van der Waals surface area contributed by atoms with Gasteiger partial charge in [-0.15, -0.1) is 0 Å². The maximum atomic E-state index is 11.3. The van der Waals surface area contributed by atoms with Gasteiger partial charge in [0.2, 0.25) is 0 Å². The highest BCUT2D eigenvalue weighted by Gasteiger charge is 2.17. The molecule has 5 nitrogen and oxygen atoms in total. The number of esters is 1. The highest BCUT2D eigenvalue weighted by Crippen LogP contribution is 2.21. The summed E-state index contributed by atoms with van der Waals surface area (Å²) in [4.78, 5) is 23.8. The first-order valence-electron chi connectivity index (χ1n) is 7.04. The third-order valence-corrected chi connectivity index (χ3v) is 3.43. The van der Waals surface area contributed by atoms with E-state index in [1.54, 1.807) is 13.0 Å². The third-order valence-electron chi connectivity index (χ3n) is 3.43. The summed E-state index contributed by atoms with van der Waals surface area (Å²) < 4.78 is 4.84. The SMILES string of the molecule is CCOC(=O)/C=C/c1ccc2c(c1)CCCN(C(=O)O)C2. The Morgan fingerprint density at radius 3 is 2.90 bits per heavy atom. The van der Waals surface area contributed by atoms with E-state index in [1.807, 2.05) is 18.2 Å². The second kappa shape index (κ2) is 6.92. The summed E-state index contributed by atoms with van der Waals surface area (Å²) in [6, 6.07) is 5.83. The normalized spacial score (nSPS) is 14.6. The van der Waals surface area contributed by atoms with Crippen LogP contribution in [-0.4, -0.2) is 35.2 Å². The van der Waals surface area contributed by atoms with Gasteiger partial charge < -0.3 is 14.7 Å². The minimum atomic E-state index is -0.880. The average Bonchev–Trinajstić information content (AvgIpc) is 2.67. The van der Waals surface area contributed by atoms with E-state index in [2.05, 4.69) is 0 Å². The quantitative estimate of drug-likeness (QED) is 0.686. The third kappa shape index (κ3) is 4.08. The fraction of sp³-hybridized carbons (Fsp3) is 0.375. The fourth-order valence-electron chi connectivity index (χ4n) is 2.40. The molecule has 0 atom stereocenters. The topological polar surface area (TPSA) is 66.8 Å². The van der Waals surface area contributed by atoms with Crippen LogP contribution in [0.4, 0.5) is 4.79 Å². The number of hydrogen-bond donors (Lipinski definition) is 1. The number of nitrogens with zero attached hydrogens (tertiary/aromatic N) is 1. The first-order chi connectivity index (χ1) is 10.1. The predicted octanol–water partition coefficient (Wildman–Crippen LogP) is 2.69. The minimum absolute atomic E-state index is 0.357. The summed E-state index contributed by atoms with van der Waals surface area (Å²) in [5.41, 5.74) is 3.10. The van der Waals surface area contributed by atoms with E-state index in [1.165, 1.54) is 11.0 Å². The molecule has 0 aromatic heterocycles. The zero-order chi connectivity index (χ0) is 15.2. The largest absolute Gasteiger partial charge is 0.465 e. The van der Waals surface area contributed by atoms with Crippen LogP contribution in [0.2, 0.25) is 0 Å². The molecule has 112 valence electrons. The molecule has 0 bridgehead atoms. The monoisotopic (exact) mass is 289 g/mol. The lowest BCUT2D eigenvalue weighted by molar-refractivity contribution is -0.137. The molecule has 0 saturated carbocycles. The van der Waals surface area contributed by atoms with Crippen molar-refractivity contribution >= 4 is 18.1 Å². The number of rotatable bonds is 3. The van der Waals surface area contributed by atoms with E-state index in [4.69, 9.17) is 9.84 Å². The Kier molecular flexibility index (Phi) is 4.98. The van der Waals surface area contributed by atoms with Gasteiger partial charge in [-0.1, -0.05) is 18.2 Å². The van der Waals surface area contributed by atoms with Crippen LogP contribution >= 0.6 is 0 Å². The number of fused-ring (bicyclic) bond motifs is 1. The van der Waals surface area contributed by atoms with Crippen LogP contribution in [0, 0.1) is 0 Å². The standard InChI is InChI=1S/C16H19NO4/c1-2-21-15(18)8-6-12-5-7-14-11-17(16(19)20)9-3-4-13(14)10-12/h5-8,10H,2-4,9,11H2,1H3,(H,19,20)/b8-6+. The Labute approximate surface area is 123 Å². The summed E-state index contributed by atoms with van der Waals surface area (Å²) >= 11 is 0. The molecule has 0 aliphatic carbocycles. The predicted molar refractivity (Wildman–Crippen MR) is 78.9 cm³/mol.